The van der Waals surface area contributed by atoms with Gasteiger partial charge in [-0.1, -0.05) is 0 Å². The maximum absolute atomic E-state index is 13.2. The fraction of sp³-hybridized carbons (Fsp3) is 0.889. The molecule has 2 unspecified atom stereocenters. The standard InChI is InChI=1S/C9H14F5IO5S/c1-4-5(15(2)3)6(16)20-7(8(10,11)12)9(13,14)21(17,18)19/h5,7H,4H2,1-3H3,(H,17,18,19). The summed E-state index contributed by atoms with van der Waals surface area (Å²) >= 11 is -2.02. The molecule has 0 radical (unpaired) electrons. The van der Waals surface area contributed by atoms with Crippen molar-refractivity contribution in [3.05, 3.63) is 0 Å². The number of hydrogen-bond donors (Lipinski definition) is 1. The monoisotopic (exact) mass is 456 g/mol. The van der Waals surface area contributed by atoms with E-state index >= 15 is 0 Å². The quantitative estimate of drug-likeness (QED) is 0.219. The van der Waals surface area contributed by atoms with Gasteiger partial charge in [0.25, 0.3) is 0 Å². The predicted molar refractivity (Wildman–Crippen MR) is 72.4 cm³/mol. The van der Waals surface area contributed by atoms with Crippen LogP contribution in [0.3, 0.4) is 0 Å². The number of ether oxygens (including phenoxy) is 1. The predicted octanol–water partition coefficient (Wildman–Crippen LogP) is 2.49. The molecule has 2 atom stereocenters. The van der Waals surface area contributed by atoms with Crippen LogP contribution in [0.15, 0.2) is 0 Å². The Bertz CT molecular complexity index is 475. The van der Waals surface area contributed by atoms with Crippen molar-refractivity contribution in [2.24, 2.45) is 0 Å². The summed E-state index contributed by atoms with van der Waals surface area (Å²) in [5.41, 5.74) is 0. The van der Waals surface area contributed by atoms with Gasteiger partial charge in [-0.15, -0.1) is 0 Å². The van der Waals surface area contributed by atoms with Crippen LogP contribution in [0.1, 0.15) is 13.3 Å². The fourth-order valence-electron chi connectivity index (χ4n) is 1.30. The van der Waals surface area contributed by atoms with Gasteiger partial charge in [-0.2, -0.15) is 0 Å². The maximum atomic E-state index is 13.2. The summed E-state index contributed by atoms with van der Waals surface area (Å²) in [5, 5.41) is -5.68. The first kappa shape index (κ1) is 20.8. The van der Waals surface area contributed by atoms with E-state index in [9.17, 15) is 35.2 Å². The van der Waals surface area contributed by atoms with Crippen molar-refractivity contribution < 1.29 is 44.5 Å². The number of rotatable bonds is 6. The van der Waals surface area contributed by atoms with Crippen molar-refractivity contribution in [2.75, 3.05) is 9.86 Å². The second-order valence-corrected chi connectivity index (χ2v) is 11.7. The van der Waals surface area contributed by atoms with E-state index in [-0.39, 0.29) is 6.42 Å². The van der Waals surface area contributed by atoms with Crippen molar-refractivity contribution in [2.45, 2.75) is 34.8 Å². The number of carbonyl (C=O) groups excluding carboxylic acids is 1. The average molecular weight is 456 g/mol. The Morgan fingerprint density at radius 3 is 1.90 bits per heavy atom. The number of hydrogen-bond acceptors (Lipinski definition) is 4. The summed E-state index contributed by atoms with van der Waals surface area (Å²) in [6.07, 6.45) is -10.0. The molecule has 21 heavy (non-hydrogen) atoms. The molecular weight excluding hydrogens is 442 g/mol. The summed E-state index contributed by atoms with van der Waals surface area (Å²) in [7, 11) is -6.40. The van der Waals surface area contributed by atoms with Gasteiger partial charge in [-0.25, -0.2) is 0 Å². The molecule has 0 aromatic rings. The van der Waals surface area contributed by atoms with E-state index in [4.69, 9.17) is 4.55 Å². The van der Waals surface area contributed by atoms with Crippen LogP contribution < -0.4 is 0 Å². The van der Waals surface area contributed by atoms with Gasteiger partial charge in [0.05, 0.1) is 0 Å². The SMILES string of the molecule is CCC(C(=O)OC(C(F)(F)F)C(F)(F)S(=O)(=O)O)I(C)C. The van der Waals surface area contributed by atoms with E-state index in [1.165, 1.54) is 6.92 Å². The molecule has 1 N–H and O–H groups in total. The Morgan fingerprint density at radius 1 is 1.24 bits per heavy atom. The zero-order valence-corrected chi connectivity index (χ0v) is 14.1. The molecule has 0 aromatic carbocycles. The molecule has 0 rings (SSSR count). The van der Waals surface area contributed by atoms with Crippen molar-refractivity contribution in [1.82, 2.24) is 0 Å². The Morgan fingerprint density at radius 2 is 1.67 bits per heavy atom. The van der Waals surface area contributed by atoms with E-state index in [0.717, 1.165) is 0 Å². The van der Waals surface area contributed by atoms with Crippen LogP contribution in [-0.4, -0.2) is 50.3 Å². The van der Waals surface area contributed by atoms with Crippen LogP contribution in [0.2, 0.25) is 0 Å². The molecule has 128 valence electrons. The molecule has 0 aliphatic rings. The zero-order valence-electron chi connectivity index (χ0n) is 11.1. The Kier molecular flexibility index (Phi) is 6.82. The average Bonchev–Trinajstić information content (AvgIpc) is 2.22. The number of carbonyl (C=O) groups is 1. The van der Waals surface area contributed by atoms with Crippen LogP contribution in [0.25, 0.3) is 0 Å². The third kappa shape index (κ3) is 5.16. The van der Waals surface area contributed by atoms with E-state index < -0.39 is 57.4 Å². The first-order chi connectivity index (χ1) is 9.16. The van der Waals surface area contributed by atoms with Crippen LogP contribution in [0.5, 0.6) is 0 Å². The molecule has 0 amide bonds. The van der Waals surface area contributed by atoms with Gasteiger partial charge in [-0.05, 0) is 0 Å². The van der Waals surface area contributed by atoms with E-state index in [1.54, 1.807) is 9.86 Å². The molecule has 5 nitrogen and oxygen atoms in total. The summed E-state index contributed by atoms with van der Waals surface area (Å²) in [6.45, 7) is 1.47. The van der Waals surface area contributed by atoms with Crippen molar-refractivity contribution >= 4 is 35.9 Å². The number of halogens is 6. The molecule has 0 saturated heterocycles. The third-order valence-corrected chi connectivity index (χ3v) is 7.62. The van der Waals surface area contributed by atoms with Gasteiger partial charge < -0.3 is 0 Å². The molecule has 0 heterocycles. The second kappa shape index (κ2) is 6.89. The molecule has 0 bridgehead atoms. The van der Waals surface area contributed by atoms with Crippen molar-refractivity contribution in [1.29, 1.82) is 0 Å². The van der Waals surface area contributed by atoms with Gasteiger partial charge in [0.2, 0.25) is 0 Å². The normalized spacial score (nSPS) is 17.1. The molecule has 12 heteroatoms. The molecule has 0 aromatic heterocycles. The molecule has 0 saturated carbocycles. The van der Waals surface area contributed by atoms with Gasteiger partial charge >= 0.3 is 125 Å². The first-order valence-electron chi connectivity index (χ1n) is 5.26. The molecule has 0 spiro atoms. The Hall–Kier alpha value is -0.240. The molecule has 0 aliphatic carbocycles. The Balaban J connectivity index is 5.57. The summed E-state index contributed by atoms with van der Waals surface area (Å²) in [5.74, 6) is -1.54. The topological polar surface area (TPSA) is 80.7 Å². The summed E-state index contributed by atoms with van der Waals surface area (Å²) in [6, 6.07) is 0. The summed E-state index contributed by atoms with van der Waals surface area (Å²) in [4.78, 5) is 14.8. The minimum absolute atomic E-state index is 0.0821. The van der Waals surface area contributed by atoms with E-state index in [1.807, 2.05) is 0 Å². The van der Waals surface area contributed by atoms with Crippen molar-refractivity contribution in [3.63, 3.8) is 0 Å². The van der Waals surface area contributed by atoms with Gasteiger partial charge in [-0.3, -0.25) is 0 Å². The van der Waals surface area contributed by atoms with Crippen LogP contribution in [-0.2, 0) is 19.6 Å². The minimum atomic E-state index is -6.40. The molecule has 0 fully saturated rings. The van der Waals surface area contributed by atoms with E-state index in [0.29, 0.717) is 0 Å². The Labute approximate surface area is 125 Å². The zero-order chi connectivity index (χ0) is 17.2. The number of alkyl halides is 8. The van der Waals surface area contributed by atoms with Crippen molar-refractivity contribution in [3.8, 4) is 0 Å². The van der Waals surface area contributed by atoms with Crippen LogP contribution in [0, 0.1) is 0 Å². The molecular formula is C9H14F5IO5S. The first-order valence-corrected chi connectivity index (χ1v) is 12.3. The number of esters is 1. The van der Waals surface area contributed by atoms with Gasteiger partial charge in [0.15, 0.2) is 0 Å². The summed E-state index contributed by atoms with van der Waals surface area (Å²) < 4.78 is 95.9. The van der Waals surface area contributed by atoms with Gasteiger partial charge in [0, 0.05) is 0 Å². The van der Waals surface area contributed by atoms with E-state index in [2.05, 4.69) is 4.74 Å². The fourth-order valence-corrected chi connectivity index (χ4v) is 4.68. The molecule has 0 aliphatic heterocycles. The van der Waals surface area contributed by atoms with Crippen LogP contribution in [0.4, 0.5) is 22.0 Å². The second-order valence-electron chi connectivity index (χ2n) is 4.09. The third-order valence-electron chi connectivity index (χ3n) is 2.32. The van der Waals surface area contributed by atoms with Crippen LogP contribution >= 0.6 is 19.8 Å². The van der Waals surface area contributed by atoms with Gasteiger partial charge in [0.1, 0.15) is 0 Å².